The van der Waals surface area contributed by atoms with Gasteiger partial charge in [-0.05, 0) is 0 Å². The van der Waals surface area contributed by atoms with Gasteiger partial charge in [0.05, 0.1) is 7.85 Å². The van der Waals surface area contributed by atoms with E-state index in [-0.39, 0.29) is 35.8 Å². The lowest BCUT2D eigenvalue weighted by Crippen LogP contribution is -1.63. The second-order valence-electron chi connectivity index (χ2n) is 1.14. The fraction of sp³-hybridized carbons (Fsp3) is 1.00. The van der Waals surface area contributed by atoms with E-state index in [4.69, 9.17) is 7.85 Å². The Labute approximate surface area is 70.3 Å². The molecule has 0 bridgehead atoms. The van der Waals surface area contributed by atoms with Crippen molar-refractivity contribution in [2.45, 2.75) is 26.1 Å². The highest BCUT2D eigenvalue weighted by Gasteiger charge is 1.68. The van der Waals surface area contributed by atoms with Gasteiger partial charge in [0.15, 0.2) is 0 Å². The van der Waals surface area contributed by atoms with Crippen molar-refractivity contribution >= 4 is 32.7 Å². The van der Waals surface area contributed by atoms with Crippen molar-refractivity contribution in [2.24, 2.45) is 0 Å². The molecule has 60 valence electrons. The number of hydrogen-bond donors (Lipinski definition) is 0. The third-order valence-electron chi connectivity index (χ3n) is 0.558. The van der Waals surface area contributed by atoms with E-state index in [2.05, 4.69) is 6.92 Å². The average molecular weight is 177 g/mol. The lowest BCUT2D eigenvalue weighted by Gasteiger charge is -1.79. The molecule has 0 fully saturated rings. The monoisotopic (exact) mass is 176 g/mol. The number of halogens is 2. The Balaban J connectivity index is -0.0000000133. The fourth-order valence-electron chi connectivity index (χ4n) is 0.204. The molecule has 0 aromatic rings. The van der Waals surface area contributed by atoms with Crippen molar-refractivity contribution in [3.8, 4) is 0 Å². The SMILES string of the molecule is Cl.Cl.O.O.[B]CCCC. The molecule has 9 heavy (non-hydrogen) atoms. The van der Waals surface area contributed by atoms with Crippen molar-refractivity contribution in [3.05, 3.63) is 0 Å². The van der Waals surface area contributed by atoms with Crippen molar-refractivity contribution in [2.75, 3.05) is 0 Å². The van der Waals surface area contributed by atoms with Crippen LogP contribution in [0.3, 0.4) is 0 Å². The second kappa shape index (κ2) is 38.6. The lowest BCUT2D eigenvalue weighted by atomic mass is 10.0. The Bertz CT molecular complexity index is 24.0. The standard InChI is InChI=1S/C4H9B.2ClH.2H2O/c1-2-3-4-5;;;;/h2-4H2,1H3;2*1H;2*1H2. The van der Waals surface area contributed by atoms with Crippen molar-refractivity contribution in [1.82, 2.24) is 0 Å². The zero-order chi connectivity index (χ0) is 4.12. The van der Waals surface area contributed by atoms with Crippen LogP contribution in [0.4, 0.5) is 0 Å². The maximum atomic E-state index is 5.14. The van der Waals surface area contributed by atoms with Gasteiger partial charge in [-0.15, -0.1) is 24.8 Å². The van der Waals surface area contributed by atoms with Crippen LogP contribution >= 0.6 is 24.8 Å². The molecular formula is C4H15BCl2O2. The summed E-state index contributed by atoms with van der Waals surface area (Å²) in [6.07, 6.45) is 3.23. The highest BCUT2D eigenvalue weighted by atomic mass is 35.5. The van der Waals surface area contributed by atoms with Crippen LogP contribution in [0.25, 0.3) is 0 Å². The zero-order valence-corrected chi connectivity index (χ0v) is 7.15. The second-order valence-corrected chi connectivity index (χ2v) is 1.14. The molecule has 0 aromatic carbocycles. The molecule has 0 spiro atoms. The van der Waals surface area contributed by atoms with Crippen molar-refractivity contribution in [3.63, 3.8) is 0 Å². The average Bonchev–Trinajstić information content (AvgIpc) is 1.41. The molecule has 0 aliphatic heterocycles. The summed E-state index contributed by atoms with van der Waals surface area (Å²) in [4.78, 5) is 0. The van der Waals surface area contributed by atoms with Gasteiger partial charge in [-0.1, -0.05) is 26.1 Å². The van der Waals surface area contributed by atoms with Gasteiger partial charge in [0.2, 0.25) is 0 Å². The Morgan fingerprint density at radius 3 is 1.44 bits per heavy atom. The van der Waals surface area contributed by atoms with E-state index in [1.807, 2.05) is 0 Å². The molecule has 0 rings (SSSR count). The van der Waals surface area contributed by atoms with Crippen molar-refractivity contribution in [1.29, 1.82) is 0 Å². The smallest absolute Gasteiger partial charge is 0.0652 e. The van der Waals surface area contributed by atoms with Crippen LogP contribution in [0.15, 0.2) is 0 Å². The first-order chi connectivity index (χ1) is 2.41. The molecule has 0 aliphatic carbocycles. The number of hydrogen-bond acceptors (Lipinski definition) is 0. The summed E-state index contributed by atoms with van der Waals surface area (Å²) in [6.45, 7) is 2.13. The van der Waals surface area contributed by atoms with Crippen LogP contribution in [0, 0.1) is 0 Å². The minimum Gasteiger partial charge on any atom is -0.412 e. The molecule has 0 amide bonds. The summed E-state index contributed by atoms with van der Waals surface area (Å²) in [5.41, 5.74) is 0. The molecule has 0 aromatic heterocycles. The van der Waals surface area contributed by atoms with Crippen LogP contribution in [-0.4, -0.2) is 18.8 Å². The summed E-state index contributed by atoms with van der Waals surface area (Å²) in [5, 5.41) is 0. The van der Waals surface area contributed by atoms with Gasteiger partial charge >= 0.3 is 0 Å². The molecule has 0 atom stereocenters. The Morgan fingerprint density at radius 2 is 1.44 bits per heavy atom. The molecule has 0 aliphatic rings. The van der Waals surface area contributed by atoms with Gasteiger partial charge in [0.25, 0.3) is 0 Å². The predicted molar refractivity (Wildman–Crippen MR) is 47.2 cm³/mol. The Kier molecular flexibility index (Phi) is 144. The normalized spacial score (nSPS) is 4.56. The van der Waals surface area contributed by atoms with Gasteiger partial charge in [-0.3, -0.25) is 0 Å². The van der Waals surface area contributed by atoms with Gasteiger partial charge in [0.1, 0.15) is 0 Å². The molecular weight excluding hydrogens is 162 g/mol. The third-order valence-corrected chi connectivity index (χ3v) is 0.558. The van der Waals surface area contributed by atoms with Crippen molar-refractivity contribution < 1.29 is 11.0 Å². The molecule has 0 saturated heterocycles. The predicted octanol–water partition coefficient (Wildman–Crippen LogP) is 0.567. The largest absolute Gasteiger partial charge is 0.412 e. The van der Waals surface area contributed by atoms with E-state index in [1.54, 1.807) is 0 Å². The van der Waals surface area contributed by atoms with Crippen LogP contribution in [0.5, 0.6) is 0 Å². The summed E-state index contributed by atoms with van der Waals surface area (Å²) in [6, 6.07) is 0. The van der Waals surface area contributed by atoms with Gasteiger partial charge in [0, 0.05) is 0 Å². The minimum atomic E-state index is 0. The van der Waals surface area contributed by atoms with E-state index < -0.39 is 0 Å². The topological polar surface area (TPSA) is 63.0 Å². The van der Waals surface area contributed by atoms with E-state index in [9.17, 15) is 0 Å². The highest BCUT2D eigenvalue weighted by molar-refractivity contribution is 6.08. The minimum absolute atomic E-state index is 0. The number of rotatable bonds is 2. The summed E-state index contributed by atoms with van der Waals surface area (Å²) in [7, 11) is 5.14. The molecule has 5 heteroatoms. The van der Waals surface area contributed by atoms with Gasteiger partial charge < -0.3 is 11.0 Å². The van der Waals surface area contributed by atoms with E-state index in [0.717, 1.165) is 6.32 Å². The first-order valence-corrected chi connectivity index (χ1v) is 2.12. The summed E-state index contributed by atoms with van der Waals surface area (Å²) in [5.74, 6) is 0. The third kappa shape index (κ3) is 56.1. The molecule has 4 N–H and O–H groups in total. The van der Waals surface area contributed by atoms with E-state index in [0.29, 0.717) is 0 Å². The van der Waals surface area contributed by atoms with Crippen LogP contribution in [0.2, 0.25) is 6.32 Å². The summed E-state index contributed by atoms with van der Waals surface area (Å²) >= 11 is 0. The van der Waals surface area contributed by atoms with Crippen LogP contribution in [-0.2, 0) is 0 Å². The van der Waals surface area contributed by atoms with Crippen LogP contribution < -0.4 is 0 Å². The zero-order valence-electron chi connectivity index (χ0n) is 5.52. The first kappa shape index (κ1) is 33.7. The molecule has 0 saturated carbocycles. The Morgan fingerprint density at radius 1 is 1.11 bits per heavy atom. The quantitative estimate of drug-likeness (QED) is 0.553. The van der Waals surface area contributed by atoms with Crippen LogP contribution in [0.1, 0.15) is 19.8 Å². The number of unbranched alkanes of at least 4 members (excludes halogenated alkanes) is 1. The van der Waals surface area contributed by atoms with Gasteiger partial charge in [-0.2, -0.15) is 0 Å². The maximum Gasteiger partial charge on any atom is 0.0652 e. The maximum absolute atomic E-state index is 5.14. The van der Waals surface area contributed by atoms with E-state index in [1.165, 1.54) is 12.8 Å². The highest BCUT2D eigenvalue weighted by Crippen LogP contribution is 1.86. The molecule has 0 unspecified atom stereocenters. The molecule has 2 radical (unpaired) electrons. The molecule has 0 heterocycles. The Hall–Kier alpha value is 0.565. The molecule has 2 nitrogen and oxygen atoms in total. The summed E-state index contributed by atoms with van der Waals surface area (Å²) < 4.78 is 0. The first-order valence-electron chi connectivity index (χ1n) is 2.12. The fourth-order valence-corrected chi connectivity index (χ4v) is 0.204. The van der Waals surface area contributed by atoms with Gasteiger partial charge in [-0.25, -0.2) is 0 Å². The lowest BCUT2D eigenvalue weighted by molar-refractivity contribution is 0.823. The van der Waals surface area contributed by atoms with E-state index >= 15 is 0 Å².